The molecule has 1 aliphatic rings. The normalized spacial score (nSPS) is 15.6. The maximum atomic E-state index is 12.6. The van der Waals surface area contributed by atoms with Crippen LogP contribution < -0.4 is 15.0 Å². The highest BCUT2D eigenvalue weighted by Gasteiger charge is 2.32. The van der Waals surface area contributed by atoms with Gasteiger partial charge in [-0.05, 0) is 60.4 Å². The molecule has 1 saturated heterocycles. The van der Waals surface area contributed by atoms with Gasteiger partial charge in [0.15, 0.2) is 5.17 Å². The highest BCUT2D eigenvalue weighted by Crippen LogP contribution is 2.33. The summed E-state index contributed by atoms with van der Waals surface area (Å²) in [7, 11) is 0. The molecule has 8 nitrogen and oxygen atoms in total. The van der Waals surface area contributed by atoms with Gasteiger partial charge in [0.2, 0.25) is 11.9 Å². The maximum absolute atomic E-state index is 12.6. The van der Waals surface area contributed by atoms with E-state index in [4.69, 9.17) is 0 Å². The van der Waals surface area contributed by atoms with Crippen molar-refractivity contribution in [2.24, 2.45) is 10.2 Å². The van der Waals surface area contributed by atoms with Crippen molar-refractivity contribution in [2.45, 2.75) is 33.1 Å². The standard InChI is InChI=1S/C27H25F3N6O2S/c1-17(2)22-6-4-5-7-23(22)36-24(37)16-39-26(36)35-33-13-18(3)12-19-14-31-25(32-15-19)34-20-8-10-21(11-9-20)38-27(28,29)30/h4-15,17H,16H2,1-3H3,(H,31,32,34)/b18-12+,33-13+,35-26-. The fourth-order valence-corrected chi connectivity index (χ4v) is 4.48. The molecule has 0 bridgehead atoms. The quantitative estimate of drug-likeness (QED) is 0.244. The Morgan fingerprint density at radius 3 is 2.49 bits per heavy atom. The summed E-state index contributed by atoms with van der Waals surface area (Å²) in [5, 5.41) is 11.9. The zero-order valence-electron chi connectivity index (χ0n) is 21.3. The maximum Gasteiger partial charge on any atom is 0.573 e. The summed E-state index contributed by atoms with van der Waals surface area (Å²) < 4.78 is 40.7. The Kier molecular flexibility index (Phi) is 8.65. The molecule has 0 atom stereocenters. The number of carbonyl (C=O) groups is 1. The van der Waals surface area contributed by atoms with Crippen LogP contribution in [0.3, 0.4) is 0 Å². The van der Waals surface area contributed by atoms with Crippen LogP contribution in [0.5, 0.6) is 5.75 Å². The number of benzene rings is 2. The second kappa shape index (κ2) is 12.1. The van der Waals surface area contributed by atoms with E-state index in [0.717, 1.165) is 16.8 Å². The van der Waals surface area contributed by atoms with Crippen molar-refractivity contribution in [2.75, 3.05) is 16.0 Å². The van der Waals surface area contributed by atoms with Crippen LogP contribution in [0.2, 0.25) is 0 Å². The summed E-state index contributed by atoms with van der Waals surface area (Å²) in [4.78, 5) is 22.7. The van der Waals surface area contributed by atoms with E-state index in [1.165, 1.54) is 36.0 Å². The largest absolute Gasteiger partial charge is 0.573 e. The number of hydrogen-bond acceptors (Lipinski definition) is 8. The first-order chi connectivity index (χ1) is 18.6. The van der Waals surface area contributed by atoms with E-state index in [1.54, 1.807) is 23.5 Å². The third-order valence-electron chi connectivity index (χ3n) is 5.38. The number of anilines is 3. The fourth-order valence-electron chi connectivity index (χ4n) is 3.67. The van der Waals surface area contributed by atoms with Crippen LogP contribution in [0, 0.1) is 0 Å². The van der Waals surface area contributed by atoms with Crippen LogP contribution in [0.1, 0.15) is 37.8 Å². The van der Waals surface area contributed by atoms with Gasteiger partial charge in [0.25, 0.3) is 0 Å². The molecule has 0 radical (unpaired) electrons. The molecule has 3 aromatic rings. The van der Waals surface area contributed by atoms with Gasteiger partial charge in [0, 0.05) is 23.6 Å². The van der Waals surface area contributed by atoms with Crippen molar-refractivity contribution in [1.82, 2.24) is 9.97 Å². The number of rotatable bonds is 8. The molecule has 0 aliphatic carbocycles. The van der Waals surface area contributed by atoms with E-state index in [9.17, 15) is 18.0 Å². The Hall–Kier alpha value is -4.19. The van der Waals surface area contributed by atoms with Gasteiger partial charge in [-0.15, -0.1) is 18.3 Å². The second-order valence-corrected chi connectivity index (χ2v) is 9.73. The lowest BCUT2D eigenvalue weighted by atomic mass is 10.0. The number of aromatic nitrogens is 2. The minimum absolute atomic E-state index is 0.0363. The number of carbonyl (C=O) groups excluding carboxylic acids is 1. The van der Waals surface area contributed by atoms with Crippen molar-refractivity contribution >= 4 is 52.5 Å². The molecule has 39 heavy (non-hydrogen) atoms. The zero-order chi connectivity index (χ0) is 28.0. The van der Waals surface area contributed by atoms with Crippen LogP contribution >= 0.6 is 11.8 Å². The Morgan fingerprint density at radius 2 is 1.82 bits per heavy atom. The van der Waals surface area contributed by atoms with Crippen molar-refractivity contribution < 1.29 is 22.7 Å². The Labute approximate surface area is 227 Å². The molecule has 2 aromatic carbocycles. The van der Waals surface area contributed by atoms with Crippen molar-refractivity contribution in [3.05, 3.63) is 77.6 Å². The van der Waals surface area contributed by atoms with Gasteiger partial charge in [-0.1, -0.05) is 43.8 Å². The fraction of sp³-hybridized carbons (Fsp3) is 0.222. The van der Waals surface area contributed by atoms with Crippen LogP contribution in [-0.4, -0.2) is 39.4 Å². The summed E-state index contributed by atoms with van der Waals surface area (Å²) in [6.07, 6.45) is 1.84. The van der Waals surface area contributed by atoms with Gasteiger partial charge in [0.1, 0.15) is 5.75 Å². The van der Waals surface area contributed by atoms with Gasteiger partial charge < -0.3 is 10.1 Å². The van der Waals surface area contributed by atoms with Gasteiger partial charge >= 0.3 is 6.36 Å². The minimum Gasteiger partial charge on any atom is -0.406 e. The number of nitrogens with one attached hydrogen (secondary N) is 1. The molecule has 0 unspecified atom stereocenters. The zero-order valence-corrected chi connectivity index (χ0v) is 22.1. The molecular weight excluding hydrogens is 529 g/mol. The summed E-state index contributed by atoms with van der Waals surface area (Å²) in [6.45, 7) is 6.01. The van der Waals surface area contributed by atoms with Gasteiger partial charge in [-0.2, -0.15) is 5.10 Å². The minimum atomic E-state index is -4.74. The number of thioether (sulfide) groups is 1. The van der Waals surface area contributed by atoms with Crippen LogP contribution in [0.25, 0.3) is 6.08 Å². The van der Waals surface area contributed by atoms with Gasteiger partial charge in [-0.3, -0.25) is 9.69 Å². The topological polar surface area (TPSA) is 92.1 Å². The van der Waals surface area contributed by atoms with Crippen molar-refractivity contribution in [1.29, 1.82) is 0 Å². The highest BCUT2D eigenvalue weighted by molar-refractivity contribution is 8.15. The van der Waals surface area contributed by atoms with E-state index >= 15 is 0 Å². The Morgan fingerprint density at radius 1 is 1.13 bits per heavy atom. The van der Waals surface area contributed by atoms with Crippen LogP contribution in [0.15, 0.2) is 76.7 Å². The van der Waals surface area contributed by atoms with E-state index in [0.29, 0.717) is 22.2 Å². The average Bonchev–Trinajstić information content (AvgIpc) is 3.25. The van der Waals surface area contributed by atoms with E-state index in [-0.39, 0.29) is 23.5 Å². The van der Waals surface area contributed by atoms with Crippen LogP contribution in [-0.2, 0) is 4.79 Å². The highest BCUT2D eigenvalue weighted by atomic mass is 32.2. The van der Waals surface area contributed by atoms with Crippen molar-refractivity contribution in [3.63, 3.8) is 0 Å². The molecular formula is C27H25F3N6O2S. The molecule has 1 N–H and O–H groups in total. The number of hydrogen-bond donors (Lipinski definition) is 1. The lowest BCUT2D eigenvalue weighted by molar-refractivity contribution is -0.274. The molecule has 202 valence electrons. The SMILES string of the molecule is CC(/C=N/N=C1\SCC(=O)N1c1ccccc1C(C)C)=C\c1cnc(Nc2ccc(OC(F)(F)F)cc2)nc1. The van der Waals surface area contributed by atoms with Crippen molar-refractivity contribution in [3.8, 4) is 5.75 Å². The predicted octanol–water partition coefficient (Wildman–Crippen LogP) is 6.77. The molecule has 0 saturated carbocycles. The number of allylic oxidation sites excluding steroid dienone is 1. The number of amidine groups is 1. The Balaban J connectivity index is 1.40. The third kappa shape index (κ3) is 7.66. The summed E-state index contributed by atoms with van der Waals surface area (Å²) in [5.41, 5.74) is 3.88. The van der Waals surface area contributed by atoms with Gasteiger partial charge in [-0.25, -0.2) is 9.97 Å². The van der Waals surface area contributed by atoms with Gasteiger partial charge in [0.05, 0.1) is 17.7 Å². The number of para-hydroxylation sites is 1. The molecule has 0 spiro atoms. The lowest BCUT2D eigenvalue weighted by Crippen LogP contribution is -2.30. The number of nitrogens with zero attached hydrogens (tertiary/aromatic N) is 5. The molecule has 1 aromatic heterocycles. The number of alkyl halides is 3. The molecule has 12 heteroatoms. The first-order valence-electron chi connectivity index (χ1n) is 11.9. The Bertz CT molecular complexity index is 1400. The summed E-state index contributed by atoms with van der Waals surface area (Å²) >= 11 is 1.34. The molecule has 1 fully saturated rings. The lowest BCUT2D eigenvalue weighted by Gasteiger charge is -2.20. The summed E-state index contributed by atoms with van der Waals surface area (Å²) in [6, 6.07) is 13.0. The molecule has 4 rings (SSSR count). The van der Waals surface area contributed by atoms with Crippen LogP contribution in [0.4, 0.5) is 30.5 Å². The number of ether oxygens (including phenoxy) is 1. The smallest absolute Gasteiger partial charge is 0.406 e. The number of halogens is 3. The van der Waals surface area contributed by atoms with E-state index in [1.807, 2.05) is 37.3 Å². The molecule has 1 aliphatic heterocycles. The first kappa shape index (κ1) is 27.8. The predicted molar refractivity (Wildman–Crippen MR) is 148 cm³/mol. The van der Waals surface area contributed by atoms with E-state index < -0.39 is 6.36 Å². The number of amides is 1. The third-order valence-corrected chi connectivity index (χ3v) is 6.29. The van der Waals surface area contributed by atoms with E-state index in [2.05, 4.69) is 44.1 Å². The molecule has 2 heterocycles. The average molecular weight is 555 g/mol. The summed E-state index contributed by atoms with van der Waals surface area (Å²) in [5.74, 6) is 0.475. The molecule has 1 amide bonds. The second-order valence-electron chi connectivity index (χ2n) is 8.78. The first-order valence-corrected chi connectivity index (χ1v) is 12.9. The monoisotopic (exact) mass is 554 g/mol.